The van der Waals surface area contributed by atoms with Gasteiger partial charge in [-0.2, -0.15) is 0 Å². The predicted molar refractivity (Wildman–Crippen MR) is 111 cm³/mol. The lowest BCUT2D eigenvalue weighted by molar-refractivity contribution is -0.150. The molecule has 1 N–H and O–H groups in total. The van der Waals surface area contributed by atoms with Gasteiger partial charge in [0.15, 0.2) is 0 Å². The van der Waals surface area contributed by atoms with Crippen molar-refractivity contribution >= 4 is 17.8 Å². The van der Waals surface area contributed by atoms with Crippen LogP contribution in [0.25, 0.3) is 0 Å². The van der Waals surface area contributed by atoms with E-state index >= 15 is 0 Å². The summed E-state index contributed by atoms with van der Waals surface area (Å²) in [6.07, 6.45) is 5.13. The molecule has 7 nitrogen and oxygen atoms in total. The topological polar surface area (TPSA) is 88.9 Å². The minimum absolute atomic E-state index is 0.0577. The van der Waals surface area contributed by atoms with Crippen LogP contribution >= 0.6 is 0 Å². The minimum atomic E-state index is -0.265. The average Bonchev–Trinajstić information content (AvgIpc) is 3.31. The number of benzene rings is 1. The Balaban J connectivity index is 1.28. The molecule has 160 valence electrons. The molecule has 0 aliphatic carbocycles. The lowest BCUT2D eigenvalue weighted by Crippen LogP contribution is -2.40. The van der Waals surface area contributed by atoms with Crippen LogP contribution in [0.1, 0.15) is 40.7 Å². The first-order valence-electron chi connectivity index (χ1n) is 10.3. The summed E-state index contributed by atoms with van der Waals surface area (Å²) in [6, 6.07) is 9.75. The number of carbonyl (C=O) groups is 3. The number of rotatable bonds is 8. The second kappa shape index (κ2) is 10.6. The lowest BCUT2D eigenvalue weighted by Gasteiger charge is -2.30. The molecule has 3 rings (SSSR count). The number of hydrogen-bond donors (Lipinski definition) is 1. The van der Waals surface area contributed by atoms with Gasteiger partial charge < -0.3 is 19.4 Å². The summed E-state index contributed by atoms with van der Waals surface area (Å²) >= 11 is 0. The van der Waals surface area contributed by atoms with Crippen LogP contribution in [0.2, 0.25) is 0 Å². The Morgan fingerprint density at radius 3 is 2.53 bits per heavy atom. The summed E-state index contributed by atoms with van der Waals surface area (Å²) in [7, 11) is 0. The first-order valence-corrected chi connectivity index (χ1v) is 10.3. The van der Waals surface area contributed by atoms with Gasteiger partial charge in [-0.05, 0) is 37.8 Å². The van der Waals surface area contributed by atoms with Crippen molar-refractivity contribution < 1.29 is 23.5 Å². The number of likely N-dealkylation sites (tertiary alicyclic amines) is 1. The van der Waals surface area contributed by atoms with Gasteiger partial charge in [-0.25, -0.2) is 0 Å². The maximum absolute atomic E-state index is 12.3. The van der Waals surface area contributed by atoms with E-state index in [4.69, 9.17) is 9.15 Å². The predicted octanol–water partition coefficient (Wildman–Crippen LogP) is 2.73. The van der Waals surface area contributed by atoms with Crippen molar-refractivity contribution in [2.75, 3.05) is 26.2 Å². The standard InChI is InChI=1S/C23H28N2O5/c1-17-2-4-18(5-3-17)6-7-21(26)24-11-15-30-23(28)19-8-12-25(13-9-19)22(27)20-10-14-29-16-20/h2-5,10,14,16,19H,6-9,11-13,15H2,1H3,(H,24,26). The van der Waals surface area contributed by atoms with Gasteiger partial charge in [-0.1, -0.05) is 29.8 Å². The van der Waals surface area contributed by atoms with Crippen molar-refractivity contribution in [2.24, 2.45) is 5.92 Å². The third-order valence-electron chi connectivity index (χ3n) is 5.31. The van der Waals surface area contributed by atoms with Crippen LogP contribution in [0, 0.1) is 12.8 Å². The summed E-state index contributed by atoms with van der Waals surface area (Å²) in [4.78, 5) is 38.2. The maximum Gasteiger partial charge on any atom is 0.309 e. The number of esters is 1. The van der Waals surface area contributed by atoms with Gasteiger partial charge in [0, 0.05) is 19.5 Å². The lowest BCUT2D eigenvalue weighted by atomic mass is 9.96. The highest BCUT2D eigenvalue weighted by molar-refractivity contribution is 5.94. The highest BCUT2D eigenvalue weighted by Crippen LogP contribution is 2.20. The van der Waals surface area contributed by atoms with Crippen molar-refractivity contribution in [3.63, 3.8) is 0 Å². The molecule has 2 amide bonds. The van der Waals surface area contributed by atoms with Crippen molar-refractivity contribution in [3.8, 4) is 0 Å². The van der Waals surface area contributed by atoms with Crippen LogP contribution < -0.4 is 5.32 Å². The average molecular weight is 412 g/mol. The van der Waals surface area contributed by atoms with E-state index in [2.05, 4.69) is 5.32 Å². The van der Waals surface area contributed by atoms with Gasteiger partial charge in [0.2, 0.25) is 5.91 Å². The summed E-state index contributed by atoms with van der Waals surface area (Å²) in [5.41, 5.74) is 2.84. The fraction of sp³-hybridized carbons (Fsp3) is 0.435. The molecule has 0 spiro atoms. The molecule has 2 heterocycles. The molecule has 1 fully saturated rings. The monoisotopic (exact) mass is 412 g/mol. The largest absolute Gasteiger partial charge is 0.472 e. The number of piperidine rings is 1. The molecule has 1 saturated heterocycles. The Bertz CT molecular complexity index is 837. The summed E-state index contributed by atoms with van der Waals surface area (Å²) in [6.45, 7) is 3.51. The fourth-order valence-electron chi connectivity index (χ4n) is 3.45. The molecular weight excluding hydrogens is 384 g/mol. The van der Waals surface area contributed by atoms with E-state index in [9.17, 15) is 14.4 Å². The van der Waals surface area contributed by atoms with E-state index in [0.29, 0.717) is 50.9 Å². The number of ether oxygens (including phenoxy) is 1. The van der Waals surface area contributed by atoms with Crippen LogP contribution in [0.5, 0.6) is 0 Å². The summed E-state index contributed by atoms with van der Waals surface area (Å²) < 4.78 is 10.3. The zero-order valence-electron chi connectivity index (χ0n) is 17.3. The quantitative estimate of drug-likeness (QED) is 0.532. The van der Waals surface area contributed by atoms with Crippen LogP contribution in [0.15, 0.2) is 47.3 Å². The van der Waals surface area contributed by atoms with Gasteiger partial charge in [-0.15, -0.1) is 0 Å². The van der Waals surface area contributed by atoms with Gasteiger partial charge in [0.1, 0.15) is 12.9 Å². The molecule has 0 atom stereocenters. The fourth-order valence-corrected chi connectivity index (χ4v) is 3.45. The van der Waals surface area contributed by atoms with Crippen molar-refractivity contribution in [1.82, 2.24) is 10.2 Å². The van der Waals surface area contributed by atoms with E-state index < -0.39 is 0 Å². The molecule has 0 bridgehead atoms. The molecule has 0 radical (unpaired) electrons. The van der Waals surface area contributed by atoms with E-state index in [-0.39, 0.29) is 30.3 Å². The summed E-state index contributed by atoms with van der Waals surface area (Å²) in [5, 5.41) is 2.78. The van der Waals surface area contributed by atoms with Crippen LogP contribution in [-0.4, -0.2) is 48.9 Å². The highest BCUT2D eigenvalue weighted by Gasteiger charge is 2.29. The zero-order chi connectivity index (χ0) is 21.3. The summed E-state index contributed by atoms with van der Waals surface area (Å²) in [5.74, 6) is -0.614. The third-order valence-corrected chi connectivity index (χ3v) is 5.31. The van der Waals surface area contributed by atoms with E-state index in [1.165, 1.54) is 18.1 Å². The number of nitrogens with zero attached hydrogens (tertiary/aromatic N) is 1. The Kier molecular flexibility index (Phi) is 7.65. The molecule has 0 unspecified atom stereocenters. The van der Waals surface area contributed by atoms with Gasteiger partial charge in [-0.3, -0.25) is 14.4 Å². The smallest absolute Gasteiger partial charge is 0.309 e. The number of aryl methyl sites for hydroxylation is 2. The molecule has 0 saturated carbocycles. The highest BCUT2D eigenvalue weighted by atomic mass is 16.5. The molecular formula is C23H28N2O5. The van der Waals surface area contributed by atoms with Crippen molar-refractivity contribution in [3.05, 3.63) is 59.5 Å². The SMILES string of the molecule is Cc1ccc(CCC(=O)NCCOC(=O)C2CCN(C(=O)c3ccoc3)CC2)cc1. The van der Waals surface area contributed by atoms with Crippen LogP contribution in [-0.2, 0) is 20.7 Å². The maximum atomic E-state index is 12.3. The van der Waals surface area contributed by atoms with Crippen LogP contribution in [0.4, 0.5) is 0 Å². The first kappa shape index (κ1) is 21.6. The minimum Gasteiger partial charge on any atom is -0.472 e. The zero-order valence-corrected chi connectivity index (χ0v) is 17.3. The first-order chi connectivity index (χ1) is 14.5. The van der Waals surface area contributed by atoms with E-state index in [1.54, 1.807) is 11.0 Å². The second-order valence-corrected chi connectivity index (χ2v) is 7.58. The molecule has 1 aliphatic rings. The molecule has 1 aromatic carbocycles. The molecule has 1 aromatic heterocycles. The number of carbonyl (C=O) groups excluding carboxylic acids is 3. The van der Waals surface area contributed by atoms with Gasteiger partial charge >= 0.3 is 5.97 Å². The molecule has 7 heteroatoms. The number of furan rings is 1. The van der Waals surface area contributed by atoms with Crippen LogP contribution in [0.3, 0.4) is 0 Å². The van der Waals surface area contributed by atoms with Crippen molar-refractivity contribution in [1.29, 1.82) is 0 Å². The van der Waals surface area contributed by atoms with E-state index in [1.807, 2.05) is 31.2 Å². The Hall–Kier alpha value is -3.09. The Labute approximate surface area is 176 Å². The number of amides is 2. The normalized spacial score (nSPS) is 14.4. The molecule has 1 aliphatic heterocycles. The van der Waals surface area contributed by atoms with E-state index in [0.717, 1.165) is 5.56 Å². The third kappa shape index (κ3) is 6.20. The van der Waals surface area contributed by atoms with Gasteiger partial charge in [0.25, 0.3) is 5.91 Å². The Morgan fingerprint density at radius 1 is 1.13 bits per heavy atom. The molecule has 30 heavy (non-hydrogen) atoms. The molecule has 2 aromatic rings. The number of hydrogen-bond acceptors (Lipinski definition) is 5. The van der Waals surface area contributed by atoms with Gasteiger partial charge in [0.05, 0.1) is 24.3 Å². The van der Waals surface area contributed by atoms with Crippen molar-refractivity contribution in [2.45, 2.75) is 32.6 Å². The Morgan fingerprint density at radius 2 is 1.87 bits per heavy atom. The number of nitrogens with one attached hydrogen (secondary N) is 1. The second-order valence-electron chi connectivity index (χ2n) is 7.58.